The summed E-state index contributed by atoms with van der Waals surface area (Å²) >= 11 is 5.02. The summed E-state index contributed by atoms with van der Waals surface area (Å²) in [4.78, 5) is 1.98. The second-order valence-corrected chi connectivity index (χ2v) is 7.69. The van der Waals surface area contributed by atoms with Crippen molar-refractivity contribution in [2.75, 3.05) is 5.73 Å². The molecule has 2 aromatic rings. The predicted octanol–water partition coefficient (Wildman–Crippen LogP) is 3.71. The maximum absolute atomic E-state index is 12.2. The Balaban J connectivity index is 2.20. The molecule has 1 unspecified atom stereocenters. The largest absolute Gasteiger partial charge is 0.399 e. The fraction of sp³-hybridized carbons (Fsp3) is 0.167. The lowest BCUT2D eigenvalue weighted by atomic mass is 10.2. The van der Waals surface area contributed by atoms with E-state index in [0.717, 1.165) is 19.1 Å². The van der Waals surface area contributed by atoms with Crippen LogP contribution in [0.2, 0.25) is 0 Å². The highest BCUT2D eigenvalue weighted by atomic mass is 79.9. The first-order chi connectivity index (χ1) is 8.06. The summed E-state index contributed by atoms with van der Waals surface area (Å²) in [6, 6.07) is 9.48. The zero-order chi connectivity index (χ0) is 12.4. The quantitative estimate of drug-likeness (QED) is 0.872. The Morgan fingerprint density at radius 2 is 2.12 bits per heavy atom. The van der Waals surface area contributed by atoms with Crippen molar-refractivity contribution < 1.29 is 4.21 Å². The minimum absolute atomic E-state index is 0.557. The lowest BCUT2D eigenvalue weighted by Gasteiger charge is -2.05. The standard InChI is InChI=1S/C12H12BrNOS2/c1-8-6-9(14)2-4-11(8)17(15)7-10-3-5-12(13)16-10/h2-6H,7,14H2,1H3. The van der Waals surface area contributed by atoms with E-state index in [1.807, 2.05) is 31.2 Å². The van der Waals surface area contributed by atoms with E-state index >= 15 is 0 Å². The van der Waals surface area contributed by atoms with E-state index in [-0.39, 0.29) is 0 Å². The maximum atomic E-state index is 12.2. The Kier molecular flexibility index (Phi) is 4.01. The second kappa shape index (κ2) is 5.33. The first-order valence-corrected chi connectivity index (χ1v) is 7.98. The van der Waals surface area contributed by atoms with Gasteiger partial charge < -0.3 is 5.73 Å². The van der Waals surface area contributed by atoms with E-state index in [2.05, 4.69) is 15.9 Å². The molecule has 17 heavy (non-hydrogen) atoms. The normalized spacial score (nSPS) is 12.6. The second-order valence-electron chi connectivity index (χ2n) is 3.72. The molecule has 2 nitrogen and oxygen atoms in total. The minimum atomic E-state index is -1.01. The van der Waals surface area contributed by atoms with Gasteiger partial charge in [-0.3, -0.25) is 4.21 Å². The number of hydrogen-bond acceptors (Lipinski definition) is 3. The Bertz CT molecular complexity index is 565. The van der Waals surface area contributed by atoms with Gasteiger partial charge in [0, 0.05) is 15.5 Å². The molecule has 90 valence electrons. The lowest BCUT2D eigenvalue weighted by Crippen LogP contribution is -1.98. The van der Waals surface area contributed by atoms with Crippen molar-refractivity contribution in [1.29, 1.82) is 0 Å². The third-order valence-electron chi connectivity index (χ3n) is 2.35. The highest BCUT2D eigenvalue weighted by Gasteiger charge is 2.09. The first kappa shape index (κ1) is 12.8. The van der Waals surface area contributed by atoms with Crippen molar-refractivity contribution in [3.63, 3.8) is 0 Å². The molecule has 0 aliphatic heterocycles. The lowest BCUT2D eigenvalue weighted by molar-refractivity contribution is 0.682. The van der Waals surface area contributed by atoms with Crippen molar-refractivity contribution in [2.45, 2.75) is 17.6 Å². The molecule has 0 saturated heterocycles. The molecular weight excluding hydrogens is 318 g/mol. The average Bonchev–Trinajstić information content (AvgIpc) is 2.63. The van der Waals surface area contributed by atoms with E-state index in [4.69, 9.17) is 5.73 Å². The Hall–Kier alpha value is -0.650. The van der Waals surface area contributed by atoms with E-state index in [9.17, 15) is 4.21 Å². The van der Waals surface area contributed by atoms with Crippen LogP contribution in [0.1, 0.15) is 10.4 Å². The summed E-state index contributed by atoms with van der Waals surface area (Å²) in [5.41, 5.74) is 7.38. The number of benzene rings is 1. The van der Waals surface area contributed by atoms with Gasteiger partial charge in [-0.25, -0.2) is 0 Å². The van der Waals surface area contributed by atoms with Gasteiger partial charge in [0.25, 0.3) is 0 Å². The van der Waals surface area contributed by atoms with E-state index in [1.165, 1.54) is 0 Å². The minimum Gasteiger partial charge on any atom is -0.399 e. The predicted molar refractivity (Wildman–Crippen MR) is 77.7 cm³/mol. The van der Waals surface area contributed by atoms with Gasteiger partial charge in [0.1, 0.15) is 0 Å². The molecule has 1 atom stereocenters. The summed E-state index contributed by atoms with van der Waals surface area (Å²) < 4.78 is 13.3. The monoisotopic (exact) mass is 329 g/mol. The number of nitrogens with two attached hydrogens (primary N) is 1. The van der Waals surface area contributed by atoms with Gasteiger partial charge in [0.05, 0.1) is 20.3 Å². The molecule has 0 saturated carbocycles. The smallest absolute Gasteiger partial charge is 0.0701 e. The van der Waals surface area contributed by atoms with Gasteiger partial charge in [-0.05, 0) is 58.7 Å². The van der Waals surface area contributed by atoms with Crippen LogP contribution in [0.5, 0.6) is 0 Å². The number of hydrogen-bond donors (Lipinski definition) is 1. The summed E-state index contributed by atoms with van der Waals surface area (Å²) in [6.07, 6.45) is 0. The molecule has 0 fully saturated rings. The fourth-order valence-electron chi connectivity index (χ4n) is 1.56. The SMILES string of the molecule is Cc1cc(N)ccc1S(=O)Cc1ccc(Br)s1. The van der Waals surface area contributed by atoms with Gasteiger partial charge in [-0.1, -0.05) is 0 Å². The summed E-state index contributed by atoms with van der Waals surface area (Å²) in [7, 11) is -1.01. The molecule has 1 aromatic heterocycles. The van der Waals surface area contributed by atoms with Crippen LogP contribution in [-0.2, 0) is 16.6 Å². The topological polar surface area (TPSA) is 43.1 Å². The highest BCUT2D eigenvalue weighted by molar-refractivity contribution is 9.11. The third-order valence-corrected chi connectivity index (χ3v) is 5.67. The van der Waals surface area contributed by atoms with Crippen molar-refractivity contribution in [1.82, 2.24) is 0 Å². The number of anilines is 1. The third kappa shape index (κ3) is 3.18. The van der Waals surface area contributed by atoms with E-state index < -0.39 is 10.8 Å². The van der Waals surface area contributed by atoms with Gasteiger partial charge in [0.15, 0.2) is 0 Å². The van der Waals surface area contributed by atoms with Crippen LogP contribution in [-0.4, -0.2) is 4.21 Å². The Morgan fingerprint density at radius 1 is 1.35 bits per heavy atom. The zero-order valence-electron chi connectivity index (χ0n) is 9.27. The Morgan fingerprint density at radius 3 is 2.71 bits per heavy atom. The molecule has 0 bridgehead atoms. The van der Waals surface area contributed by atoms with Crippen LogP contribution in [0.15, 0.2) is 39.0 Å². The zero-order valence-corrected chi connectivity index (χ0v) is 12.5. The average molecular weight is 330 g/mol. The molecule has 5 heteroatoms. The molecule has 2 rings (SSSR count). The maximum Gasteiger partial charge on any atom is 0.0701 e. The molecular formula is C12H12BrNOS2. The van der Waals surface area contributed by atoms with Gasteiger partial charge in [-0.2, -0.15) is 0 Å². The number of aryl methyl sites for hydroxylation is 1. The van der Waals surface area contributed by atoms with E-state index in [0.29, 0.717) is 11.4 Å². The summed E-state index contributed by atoms with van der Waals surface area (Å²) in [6.45, 7) is 1.94. The van der Waals surface area contributed by atoms with Gasteiger partial charge in [-0.15, -0.1) is 11.3 Å². The summed E-state index contributed by atoms with van der Waals surface area (Å²) in [5, 5.41) is 0. The number of nitrogen functional groups attached to an aromatic ring is 1. The Labute approximate surface area is 115 Å². The molecule has 2 N–H and O–H groups in total. The first-order valence-electron chi connectivity index (χ1n) is 5.05. The van der Waals surface area contributed by atoms with Crippen LogP contribution in [0.25, 0.3) is 0 Å². The molecule has 0 spiro atoms. The number of thiophene rings is 1. The van der Waals surface area contributed by atoms with Crippen molar-refractivity contribution in [2.24, 2.45) is 0 Å². The molecule has 0 amide bonds. The highest BCUT2D eigenvalue weighted by Crippen LogP contribution is 2.25. The van der Waals surface area contributed by atoms with Gasteiger partial charge in [0.2, 0.25) is 0 Å². The van der Waals surface area contributed by atoms with Crippen LogP contribution in [0, 0.1) is 6.92 Å². The van der Waals surface area contributed by atoms with Crippen LogP contribution in [0.4, 0.5) is 5.69 Å². The molecule has 0 aliphatic rings. The van der Waals surface area contributed by atoms with Crippen molar-refractivity contribution in [3.8, 4) is 0 Å². The fourth-order valence-corrected chi connectivity index (χ4v) is 4.55. The molecule has 0 radical (unpaired) electrons. The van der Waals surface area contributed by atoms with Crippen LogP contribution in [0.3, 0.4) is 0 Å². The van der Waals surface area contributed by atoms with Crippen molar-refractivity contribution in [3.05, 3.63) is 44.6 Å². The number of rotatable bonds is 3. The van der Waals surface area contributed by atoms with Crippen LogP contribution >= 0.6 is 27.3 Å². The summed E-state index contributed by atoms with van der Waals surface area (Å²) in [5.74, 6) is 0.557. The van der Waals surface area contributed by atoms with Crippen molar-refractivity contribution >= 4 is 43.8 Å². The molecule has 1 aromatic carbocycles. The van der Waals surface area contributed by atoms with Crippen LogP contribution < -0.4 is 5.73 Å². The molecule has 1 heterocycles. The van der Waals surface area contributed by atoms with Gasteiger partial charge >= 0.3 is 0 Å². The van der Waals surface area contributed by atoms with E-state index in [1.54, 1.807) is 17.4 Å². The number of halogens is 1. The molecule has 0 aliphatic carbocycles.